The van der Waals surface area contributed by atoms with Crippen molar-refractivity contribution in [1.82, 2.24) is 5.43 Å². The van der Waals surface area contributed by atoms with Gasteiger partial charge in [0.05, 0.1) is 18.2 Å². The molecule has 0 spiro atoms. The van der Waals surface area contributed by atoms with Crippen LogP contribution in [0, 0.1) is 0 Å². The topological polar surface area (TPSA) is 56.5 Å². The highest BCUT2D eigenvalue weighted by Gasteiger charge is 2.24. The van der Waals surface area contributed by atoms with Gasteiger partial charge in [0.2, 0.25) is 0 Å². The lowest BCUT2D eigenvalue weighted by Gasteiger charge is -2.26. The molecule has 1 aromatic carbocycles. The van der Waals surface area contributed by atoms with Crippen molar-refractivity contribution in [2.75, 3.05) is 6.61 Å². The highest BCUT2D eigenvalue weighted by atomic mass is 16.5. The molecule has 20 heavy (non-hydrogen) atoms. The van der Waals surface area contributed by atoms with Crippen LogP contribution in [0.2, 0.25) is 0 Å². The minimum absolute atomic E-state index is 0.0184. The molecule has 4 heteroatoms. The van der Waals surface area contributed by atoms with E-state index in [1.54, 1.807) is 0 Å². The number of hydrogen-bond donors (Lipinski definition) is 2. The van der Waals surface area contributed by atoms with Crippen LogP contribution in [0.25, 0.3) is 0 Å². The van der Waals surface area contributed by atoms with Crippen LogP contribution in [0.15, 0.2) is 24.3 Å². The third kappa shape index (κ3) is 4.20. The van der Waals surface area contributed by atoms with Crippen LogP contribution >= 0.6 is 0 Å². The number of hydrogen-bond acceptors (Lipinski definition) is 4. The van der Waals surface area contributed by atoms with Gasteiger partial charge in [0, 0.05) is 6.61 Å². The first kappa shape index (κ1) is 15.3. The maximum Gasteiger partial charge on any atom is 0.119 e. The fraction of sp³-hybridized carbons (Fsp3) is 0.625. The fourth-order valence-corrected chi connectivity index (χ4v) is 2.40. The molecule has 3 N–H and O–H groups in total. The van der Waals surface area contributed by atoms with Crippen LogP contribution in [-0.2, 0) is 4.74 Å². The second-order valence-corrected chi connectivity index (χ2v) is 5.31. The van der Waals surface area contributed by atoms with Gasteiger partial charge in [0.25, 0.3) is 0 Å². The second-order valence-electron chi connectivity index (χ2n) is 5.31. The van der Waals surface area contributed by atoms with Crippen LogP contribution in [0.3, 0.4) is 0 Å². The summed E-state index contributed by atoms with van der Waals surface area (Å²) >= 11 is 0. The van der Waals surface area contributed by atoms with E-state index in [0.29, 0.717) is 12.7 Å². The summed E-state index contributed by atoms with van der Waals surface area (Å²) < 4.78 is 11.6. The Kier molecular flexibility index (Phi) is 5.83. The van der Waals surface area contributed by atoms with Gasteiger partial charge in [-0.1, -0.05) is 25.5 Å². The summed E-state index contributed by atoms with van der Waals surface area (Å²) in [7, 11) is 0. The molecule has 2 unspecified atom stereocenters. The zero-order valence-corrected chi connectivity index (χ0v) is 12.5. The molecule has 1 aliphatic rings. The van der Waals surface area contributed by atoms with E-state index in [1.165, 1.54) is 12.8 Å². The Morgan fingerprint density at radius 3 is 2.45 bits per heavy atom. The number of nitrogens with one attached hydrogen (secondary N) is 1. The van der Waals surface area contributed by atoms with Gasteiger partial charge in [-0.25, -0.2) is 0 Å². The third-order valence-electron chi connectivity index (χ3n) is 3.57. The van der Waals surface area contributed by atoms with Crippen molar-refractivity contribution in [2.45, 2.75) is 57.8 Å². The first-order chi connectivity index (χ1) is 9.78. The number of ether oxygens (including phenoxy) is 2. The number of nitrogens with two attached hydrogens (primary N) is 1. The highest BCUT2D eigenvalue weighted by molar-refractivity contribution is 5.30. The van der Waals surface area contributed by atoms with Crippen molar-refractivity contribution < 1.29 is 9.47 Å². The maximum absolute atomic E-state index is 5.82. The predicted octanol–water partition coefficient (Wildman–Crippen LogP) is 2.94. The van der Waals surface area contributed by atoms with E-state index in [1.807, 2.05) is 19.1 Å². The quantitative estimate of drug-likeness (QED) is 0.538. The average molecular weight is 278 g/mol. The minimum Gasteiger partial charge on any atom is -0.490 e. The van der Waals surface area contributed by atoms with Crippen molar-refractivity contribution in [3.05, 3.63) is 29.8 Å². The molecule has 0 aliphatic heterocycles. The van der Waals surface area contributed by atoms with E-state index >= 15 is 0 Å². The van der Waals surface area contributed by atoms with Crippen molar-refractivity contribution >= 4 is 0 Å². The number of rotatable bonds is 9. The van der Waals surface area contributed by atoms with E-state index in [9.17, 15) is 0 Å². The fourth-order valence-electron chi connectivity index (χ4n) is 2.40. The number of hydrazine groups is 1. The maximum atomic E-state index is 5.82. The summed E-state index contributed by atoms with van der Waals surface area (Å²) in [6.07, 6.45) is 4.95. The van der Waals surface area contributed by atoms with Crippen LogP contribution in [-0.4, -0.2) is 18.8 Å². The molecule has 1 fully saturated rings. The van der Waals surface area contributed by atoms with Crippen molar-refractivity contribution in [2.24, 2.45) is 5.84 Å². The standard InChI is InChI=1S/C16H26N2O2/c1-3-5-15(19-4-2)16(18-17)12-6-8-13(9-7-12)20-14-10-11-14/h6-9,14-16,18H,3-5,10-11,17H2,1-2H3. The van der Waals surface area contributed by atoms with Gasteiger partial charge in [-0.05, 0) is 43.9 Å². The lowest BCUT2D eigenvalue weighted by atomic mass is 9.98. The molecule has 112 valence electrons. The van der Waals surface area contributed by atoms with Gasteiger partial charge < -0.3 is 9.47 Å². The molecule has 0 heterocycles. The van der Waals surface area contributed by atoms with Gasteiger partial charge in [-0.15, -0.1) is 0 Å². The molecule has 0 bridgehead atoms. The van der Waals surface area contributed by atoms with Crippen LogP contribution in [0.1, 0.15) is 51.1 Å². The van der Waals surface area contributed by atoms with E-state index in [4.69, 9.17) is 15.3 Å². The van der Waals surface area contributed by atoms with Gasteiger partial charge >= 0.3 is 0 Å². The van der Waals surface area contributed by atoms with E-state index in [2.05, 4.69) is 24.5 Å². The zero-order valence-electron chi connectivity index (χ0n) is 12.5. The summed E-state index contributed by atoms with van der Waals surface area (Å²) in [6, 6.07) is 8.21. The van der Waals surface area contributed by atoms with Gasteiger partial charge in [0.1, 0.15) is 5.75 Å². The average Bonchev–Trinajstić information content (AvgIpc) is 3.26. The molecule has 1 aromatic rings. The molecule has 0 amide bonds. The molecular weight excluding hydrogens is 252 g/mol. The minimum atomic E-state index is 0.0184. The molecule has 0 radical (unpaired) electrons. The van der Waals surface area contributed by atoms with E-state index < -0.39 is 0 Å². The van der Waals surface area contributed by atoms with Gasteiger partial charge in [-0.2, -0.15) is 0 Å². The molecule has 0 saturated heterocycles. The van der Waals surface area contributed by atoms with Crippen LogP contribution in [0.4, 0.5) is 0 Å². The Bertz CT molecular complexity index is 384. The summed E-state index contributed by atoms with van der Waals surface area (Å²) in [5.41, 5.74) is 4.04. The Hall–Kier alpha value is -1.10. The lowest BCUT2D eigenvalue weighted by Crippen LogP contribution is -2.38. The summed E-state index contributed by atoms with van der Waals surface area (Å²) in [5, 5.41) is 0. The Morgan fingerprint density at radius 2 is 1.95 bits per heavy atom. The Labute approximate surface area is 121 Å². The highest BCUT2D eigenvalue weighted by Crippen LogP contribution is 2.28. The molecular formula is C16H26N2O2. The largest absolute Gasteiger partial charge is 0.490 e. The Balaban J connectivity index is 2.04. The molecule has 2 atom stereocenters. The first-order valence-electron chi connectivity index (χ1n) is 7.62. The van der Waals surface area contributed by atoms with Gasteiger partial charge in [0.15, 0.2) is 0 Å². The molecule has 2 rings (SSSR count). The zero-order chi connectivity index (χ0) is 14.4. The summed E-state index contributed by atoms with van der Waals surface area (Å²) in [4.78, 5) is 0. The molecule has 1 aliphatic carbocycles. The smallest absolute Gasteiger partial charge is 0.119 e. The van der Waals surface area contributed by atoms with Crippen LogP contribution < -0.4 is 16.0 Å². The molecule has 4 nitrogen and oxygen atoms in total. The molecule has 0 aromatic heterocycles. The summed E-state index contributed by atoms with van der Waals surface area (Å²) in [6.45, 7) is 4.88. The van der Waals surface area contributed by atoms with Crippen molar-refractivity contribution in [3.8, 4) is 5.75 Å². The van der Waals surface area contributed by atoms with E-state index in [0.717, 1.165) is 24.2 Å². The second kappa shape index (κ2) is 7.62. The monoisotopic (exact) mass is 278 g/mol. The predicted molar refractivity (Wildman–Crippen MR) is 80.5 cm³/mol. The van der Waals surface area contributed by atoms with Crippen molar-refractivity contribution in [3.63, 3.8) is 0 Å². The van der Waals surface area contributed by atoms with Crippen molar-refractivity contribution in [1.29, 1.82) is 0 Å². The Morgan fingerprint density at radius 1 is 1.25 bits per heavy atom. The lowest BCUT2D eigenvalue weighted by molar-refractivity contribution is 0.0276. The molecule has 1 saturated carbocycles. The summed E-state index contributed by atoms with van der Waals surface area (Å²) in [5.74, 6) is 6.67. The van der Waals surface area contributed by atoms with Gasteiger partial charge in [-0.3, -0.25) is 11.3 Å². The van der Waals surface area contributed by atoms with E-state index in [-0.39, 0.29) is 12.1 Å². The number of benzene rings is 1. The normalized spacial score (nSPS) is 17.8. The van der Waals surface area contributed by atoms with Crippen LogP contribution in [0.5, 0.6) is 5.75 Å². The first-order valence-corrected chi connectivity index (χ1v) is 7.62. The third-order valence-corrected chi connectivity index (χ3v) is 3.57. The SMILES string of the molecule is CCCC(OCC)C(NN)c1ccc(OC2CC2)cc1.